The number of likely N-dealkylation sites (tertiary alicyclic amines) is 1. The number of piperidine rings is 1. The van der Waals surface area contributed by atoms with Crippen LogP contribution in [0.4, 0.5) is 5.69 Å². The van der Waals surface area contributed by atoms with E-state index in [1.165, 1.54) is 24.8 Å². The van der Waals surface area contributed by atoms with Crippen LogP contribution in [-0.2, 0) is 5.41 Å². The van der Waals surface area contributed by atoms with Crippen molar-refractivity contribution in [3.05, 3.63) is 29.8 Å². The predicted molar refractivity (Wildman–Crippen MR) is 83.4 cm³/mol. The van der Waals surface area contributed by atoms with Crippen LogP contribution in [0.2, 0.25) is 0 Å². The highest BCUT2D eigenvalue weighted by Gasteiger charge is 2.31. The largest absolute Gasteiger partial charge is 0.399 e. The molecule has 2 heteroatoms. The maximum absolute atomic E-state index is 5.79. The first-order valence-electron chi connectivity index (χ1n) is 7.52. The zero-order valence-electron chi connectivity index (χ0n) is 12.8. The summed E-state index contributed by atoms with van der Waals surface area (Å²) < 4.78 is 0. The second-order valence-corrected chi connectivity index (χ2v) is 6.81. The molecule has 0 aromatic heterocycles. The minimum absolute atomic E-state index is 0.174. The van der Waals surface area contributed by atoms with Crippen molar-refractivity contribution < 1.29 is 0 Å². The lowest BCUT2D eigenvalue weighted by Gasteiger charge is -2.43. The zero-order chi connectivity index (χ0) is 14.0. The van der Waals surface area contributed by atoms with Crippen molar-refractivity contribution in [2.45, 2.75) is 64.5 Å². The molecule has 106 valence electrons. The molecule has 1 aliphatic rings. The molecular weight excluding hydrogens is 232 g/mol. The predicted octanol–water partition coefficient (Wildman–Crippen LogP) is 3.81. The number of anilines is 1. The molecule has 1 aromatic carbocycles. The quantitative estimate of drug-likeness (QED) is 0.837. The van der Waals surface area contributed by atoms with E-state index in [2.05, 4.69) is 44.7 Å². The van der Waals surface area contributed by atoms with Crippen molar-refractivity contribution in [1.82, 2.24) is 4.90 Å². The zero-order valence-corrected chi connectivity index (χ0v) is 12.8. The summed E-state index contributed by atoms with van der Waals surface area (Å²) in [4.78, 5) is 2.68. The maximum Gasteiger partial charge on any atom is 0.0314 e. The third-order valence-electron chi connectivity index (χ3n) is 4.65. The van der Waals surface area contributed by atoms with E-state index in [1.807, 2.05) is 12.1 Å². The van der Waals surface area contributed by atoms with E-state index < -0.39 is 0 Å². The lowest BCUT2D eigenvalue weighted by molar-refractivity contribution is 0.0809. The molecule has 1 aromatic rings. The molecule has 0 bridgehead atoms. The maximum atomic E-state index is 5.79. The minimum atomic E-state index is 0.174. The Bertz CT molecular complexity index is 398. The Hall–Kier alpha value is -1.02. The summed E-state index contributed by atoms with van der Waals surface area (Å²) in [7, 11) is 0. The average molecular weight is 260 g/mol. The van der Waals surface area contributed by atoms with Gasteiger partial charge in [-0.3, -0.25) is 4.90 Å². The summed E-state index contributed by atoms with van der Waals surface area (Å²) in [6.45, 7) is 10.5. The average Bonchev–Trinajstić information content (AvgIpc) is 2.35. The SMILES string of the molecule is CC1CCCC(C)N1CC(C)(C)c1ccc(N)cc1. The van der Waals surface area contributed by atoms with Gasteiger partial charge in [0.2, 0.25) is 0 Å². The molecule has 1 saturated heterocycles. The van der Waals surface area contributed by atoms with Crippen molar-refractivity contribution >= 4 is 5.69 Å². The molecule has 2 rings (SSSR count). The molecule has 0 saturated carbocycles. The van der Waals surface area contributed by atoms with Gasteiger partial charge in [-0.1, -0.05) is 32.4 Å². The molecule has 2 nitrogen and oxygen atoms in total. The van der Waals surface area contributed by atoms with Crippen LogP contribution in [0.3, 0.4) is 0 Å². The van der Waals surface area contributed by atoms with Gasteiger partial charge in [0.1, 0.15) is 0 Å². The lowest BCUT2D eigenvalue weighted by atomic mass is 9.82. The standard InChI is InChI=1S/C17H28N2/c1-13-6-5-7-14(2)19(13)12-17(3,4)15-8-10-16(18)11-9-15/h8-11,13-14H,5-7,12,18H2,1-4H3. The highest BCUT2D eigenvalue weighted by atomic mass is 15.2. The van der Waals surface area contributed by atoms with Gasteiger partial charge in [0.05, 0.1) is 0 Å². The molecule has 2 N–H and O–H groups in total. The number of benzene rings is 1. The third-order valence-corrected chi connectivity index (χ3v) is 4.65. The van der Waals surface area contributed by atoms with Crippen LogP contribution < -0.4 is 5.73 Å². The number of hydrogen-bond donors (Lipinski definition) is 1. The number of nitrogens with two attached hydrogens (primary N) is 1. The summed E-state index contributed by atoms with van der Waals surface area (Å²) in [5.74, 6) is 0. The topological polar surface area (TPSA) is 29.3 Å². The van der Waals surface area contributed by atoms with Gasteiger partial charge in [0.25, 0.3) is 0 Å². The molecule has 1 aliphatic heterocycles. The van der Waals surface area contributed by atoms with E-state index in [4.69, 9.17) is 5.73 Å². The first kappa shape index (κ1) is 14.4. The minimum Gasteiger partial charge on any atom is -0.399 e. The molecule has 2 atom stereocenters. The molecule has 0 spiro atoms. The monoisotopic (exact) mass is 260 g/mol. The van der Waals surface area contributed by atoms with E-state index in [-0.39, 0.29) is 5.41 Å². The van der Waals surface area contributed by atoms with Crippen LogP contribution in [0.15, 0.2) is 24.3 Å². The Labute approximate surface area is 118 Å². The third kappa shape index (κ3) is 3.30. The van der Waals surface area contributed by atoms with E-state index in [0.29, 0.717) is 12.1 Å². The highest BCUT2D eigenvalue weighted by molar-refractivity contribution is 5.41. The summed E-state index contributed by atoms with van der Waals surface area (Å²) in [6.07, 6.45) is 4.05. The van der Waals surface area contributed by atoms with E-state index >= 15 is 0 Å². The van der Waals surface area contributed by atoms with E-state index in [1.54, 1.807) is 0 Å². The Morgan fingerprint density at radius 3 is 2.16 bits per heavy atom. The molecular formula is C17H28N2. The second kappa shape index (κ2) is 5.54. The van der Waals surface area contributed by atoms with Crippen LogP contribution in [-0.4, -0.2) is 23.5 Å². The highest BCUT2D eigenvalue weighted by Crippen LogP contribution is 2.30. The number of nitrogens with zero attached hydrogens (tertiary/aromatic N) is 1. The van der Waals surface area contributed by atoms with Gasteiger partial charge >= 0.3 is 0 Å². The first-order chi connectivity index (χ1) is 8.90. The Balaban J connectivity index is 2.13. The molecule has 1 fully saturated rings. The van der Waals surface area contributed by atoms with E-state index in [9.17, 15) is 0 Å². The Morgan fingerprint density at radius 1 is 1.11 bits per heavy atom. The van der Waals surface area contributed by atoms with Gasteiger partial charge in [-0.2, -0.15) is 0 Å². The van der Waals surface area contributed by atoms with Gasteiger partial charge in [-0.15, -0.1) is 0 Å². The number of rotatable bonds is 3. The van der Waals surface area contributed by atoms with Crippen molar-refractivity contribution in [2.24, 2.45) is 0 Å². The van der Waals surface area contributed by atoms with Crippen LogP contribution in [0.1, 0.15) is 52.5 Å². The molecule has 0 aliphatic carbocycles. The van der Waals surface area contributed by atoms with Gasteiger partial charge in [0, 0.05) is 29.7 Å². The second-order valence-electron chi connectivity index (χ2n) is 6.81. The van der Waals surface area contributed by atoms with Gasteiger partial charge in [-0.25, -0.2) is 0 Å². The van der Waals surface area contributed by atoms with Crippen LogP contribution in [0, 0.1) is 0 Å². The normalized spacial score (nSPS) is 25.5. The molecule has 1 heterocycles. The summed E-state index contributed by atoms with van der Waals surface area (Å²) >= 11 is 0. The van der Waals surface area contributed by atoms with E-state index in [0.717, 1.165) is 12.2 Å². The van der Waals surface area contributed by atoms with Gasteiger partial charge in [-0.05, 0) is 44.4 Å². The summed E-state index contributed by atoms with van der Waals surface area (Å²) in [5.41, 5.74) is 8.19. The Kier molecular flexibility index (Phi) is 4.19. The fraction of sp³-hybridized carbons (Fsp3) is 0.647. The molecule has 19 heavy (non-hydrogen) atoms. The lowest BCUT2D eigenvalue weighted by Crippen LogP contribution is -2.49. The summed E-state index contributed by atoms with van der Waals surface area (Å²) in [5, 5.41) is 0. The van der Waals surface area contributed by atoms with Crippen molar-refractivity contribution in [1.29, 1.82) is 0 Å². The van der Waals surface area contributed by atoms with Crippen molar-refractivity contribution in [3.63, 3.8) is 0 Å². The summed E-state index contributed by atoms with van der Waals surface area (Å²) in [6, 6.07) is 9.79. The van der Waals surface area contributed by atoms with Crippen LogP contribution >= 0.6 is 0 Å². The Morgan fingerprint density at radius 2 is 1.63 bits per heavy atom. The van der Waals surface area contributed by atoms with Crippen LogP contribution in [0.25, 0.3) is 0 Å². The van der Waals surface area contributed by atoms with Gasteiger partial charge in [0.15, 0.2) is 0 Å². The molecule has 0 radical (unpaired) electrons. The molecule has 0 amide bonds. The fourth-order valence-corrected chi connectivity index (χ4v) is 3.27. The van der Waals surface area contributed by atoms with Crippen molar-refractivity contribution in [3.8, 4) is 0 Å². The molecule has 2 unspecified atom stereocenters. The first-order valence-corrected chi connectivity index (χ1v) is 7.52. The van der Waals surface area contributed by atoms with Crippen LogP contribution in [0.5, 0.6) is 0 Å². The fourth-order valence-electron chi connectivity index (χ4n) is 3.27. The number of hydrogen-bond acceptors (Lipinski definition) is 2. The smallest absolute Gasteiger partial charge is 0.0314 e. The van der Waals surface area contributed by atoms with Gasteiger partial charge < -0.3 is 5.73 Å². The van der Waals surface area contributed by atoms with Crippen molar-refractivity contribution in [2.75, 3.05) is 12.3 Å². The number of nitrogen functional groups attached to an aromatic ring is 1.